The highest BCUT2D eigenvalue weighted by molar-refractivity contribution is 7.99. The Bertz CT molecular complexity index is 448. The van der Waals surface area contributed by atoms with Crippen molar-refractivity contribution in [1.29, 1.82) is 0 Å². The summed E-state index contributed by atoms with van der Waals surface area (Å²) < 4.78 is 0. The maximum atomic E-state index is 12.1. The van der Waals surface area contributed by atoms with Crippen molar-refractivity contribution >= 4 is 17.7 Å². The Morgan fingerprint density at radius 1 is 1.15 bits per heavy atom. The average Bonchev–Trinajstić information content (AvgIpc) is 2.88. The zero-order valence-corrected chi connectivity index (χ0v) is 12.4. The Labute approximate surface area is 124 Å². The van der Waals surface area contributed by atoms with Crippen molar-refractivity contribution in [3.63, 3.8) is 0 Å². The zero-order valence-electron chi connectivity index (χ0n) is 11.6. The first-order valence-electron chi connectivity index (χ1n) is 7.22. The molecular formula is C15H21N3OS. The lowest BCUT2D eigenvalue weighted by Crippen LogP contribution is -2.41. The summed E-state index contributed by atoms with van der Waals surface area (Å²) in [4.78, 5) is 16.5. The molecule has 0 bridgehead atoms. The van der Waals surface area contributed by atoms with Crippen LogP contribution in [0, 0.1) is 0 Å². The summed E-state index contributed by atoms with van der Waals surface area (Å²) in [6.07, 6.45) is 0.0443. The summed E-state index contributed by atoms with van der Waals surface area (Å²) in [7, 11) is 0. The van der Waals surface area contributed by atoms with E-state index in [2.05, 4.69) is 22.3 Å². The molecular weight excluding hydrogens is 270 g/mol. The summed E-state index contributed by atoms with van der Waals surface area (Å²) in [5, 5.41) is 3.31. The topological polar surface area (TPSA) is 35.6 Å². The molecule has 0 spiro atoms. The molecule has 2 aliphatic rings. The largest absolute Gasteiger partial charge is 0.321 e. The highest BCUT2D eigenvalue weighted by atomic mass is 32.2. The molecule has 1 unspecified atom stereocenters. The smallest absolute Gasteiger partial charge is 0.238 e. The maximum absolute atomic E-state index is 12.1. The van der Waals surface area contributed by atoms with Crippen LogP contribution in [0.4, 0.5) is 0 Å². The van der Waals surface area contributed by atoms with Gasteiger partial charge in [-0.15, -0.1) is 0 Å². The molecule has 1 atom stereocenters. The third kappa shape index (κ3) is 3.16. The van der Waals surface area contributed by atoms with Crippen molar-refractivity contribution in [1.82, 2.24) is 15.1 Å². The van der Waals surface area contributed by atoms with Crippen molar-refractivity contribution in [2.24, 2.45) is 0 Å². The Morgan fingerprint density at radius 3 is 2.65 bits per heavy atom. The molecule has 1 aromatic carbocycles. The van der Waals surface area contributed by atoms with Gasteiger partial charge in [0.15, 0.2) is 0 Å². The predicted octanol–water partition coefficient (Wildman–Crippen LogP) is 1.17. The van der Waals surface area contributed by atoms with E-state index in [9.17, 15) is 4.79 Å². The minimum absolute atomic E-state index is 0.0443. The van der Waals surface area contributed by atoms with Gasteiger partial charge >= 0.3 is 0 Å². The minimum Gasteiger partial charge on any atom is -0.321 e. The van der Waals surface area contributed by atoms with Crippen LogP contribution in [0.3, 0.4) is 0 Å². The molecule has 1 aromatic rings. The van der Waals surface area contributed by atoms with Gasteiger partial charge in [0, 0.05) is 37.7 Å². The van der Waals surface area contributed by atoms with E-state index in [0.29, 0.717) is 6.54 Å². The van der Waals surface area contributed by atoms with Crippen LogP contribution >= 0.6 is 11.8 Å². The standard InChI is InChI=1S/C15H21N3OS/c19-14-12-16-15(13-4-2-1-3-5-13)18(14)7-6-17-8-10-20-11-9-17/h1-5,15-16H,6-12H2. The number of benzene rings is 1. The first-order valence-corrected chi connectivity index (χ1v) is 8.38. The van der Waals surface area contributed by atoms with Crippen LogP contribution in [0.2, 0.25) is 0 Å². The van der Waals surface area contributed by atoms with Gasteiger partial charge < -0.3 is 4.90 Å². The number of hydrogen-bond donors (Lipinski definition) is 1. The lowest BCUT2D eigenvalue weighted by Gasteiger charge is -2.30. The van der Waals surface area contributed by atoms with Crippen LogP contribution < -0.4 is 5.32 Å². The Morgan fingerprint density at radius 2 is 1.90 bits per heavy atom. The summed E-state index contributed by atoms with van der Waals surface area (Å²) >= 11 is 2.02. The molecule has 108 valence electrons. The van der Waals surface area contributed by atoms with Gasteiger partial charge in [-0.25, -0.2) is 0 Å². The fraction of sp³-hybridized carbons (Fsp3) is 0.533. The number of thioether (sulfide) groups is 1. The van der Waals surface area contributed by atoms with Gasteiger partial charge in [0.25, 0.3) is 0 Å². The van der Waals surface area contributed by atoms with Gasteiger partial charge in [-0.3, -0.25) is 15.0 Å². The van der Waals surface area contributed by atoms with Crippen LogP contribution in [0.15, 0.2) is 30.3 Å². The minimum atomic E-state index is 0.0443. The second kappa shape index (κ2) is 6.61. The molecule has 2 aliphatic heterocycles. The molecule has 1 N–H and O–H groups in total. The quantitative estimate of drug-likeness (QED) is 0.903. The van der Waals surface area contributed by atoms with E-state index in [0.717, 1.165) is 26.2 Å². The first kappa shape index (κ1) is 13.9. The second-order valence-corrected chi connectivity index (χ2v) is 6.46. The van der Waals surface area contributed by atoms with Crippen molar-refractivity contribution in [2.45, 2.75) is 6.17 Å². The third-order valence-corrected chi connectivity index (χ3v) is 4.90. The summed E-state index contributed by atoms with van der Waals surface area (Å²) in [5.41, 5.74) is 1.17. The van der Waals surface area contributed by atoms with Gasteiger partial charge in [-0.2, -0.15) is 11.8 Å². The highest BCUT2D eigenvalue weighted by Gasteiger charge is 2.31. The van der Waals surface area contributed by atoms with E-state index in [1.165, 1.54) is 17.1 Å². The fourth-order valence-corrected chi connectivity index (χ4v) is 3.78. The van der Waals surface area contributed by atoms with Crippen LogP contribution in [-0.2, 0) is 4.79 Å². The Hall–Kier alpha value is -1.04. The van der Waals surface area contributed by atoms with Crippen molar-refractivity contribution in [2.75, 3.05) is 44.2 Å². The van der Waals surface area contributed by atoms with E-state index in [1.807, 2.05) is 34.9 Å². The molecule has 20 heavy (non-hydrogen) atoms. The zero-order chi connectivity index (χ0) is 13.8. The summed E-state index contributed by atoms with van der Waals surface area (Å²) in [5.74, 6) is 2.65. The number of carbonyl (C=O) groups is 1. The molecule has 3 rings (SSSR count). The van der Waals surface area contributed by atoms with Gasteiger partial charge in [-0.05, 0) is 5.56 Å². The third-order valence-electron chi connectivity index (χ3n) is 3.95. The van der Waals surface area contributed by atoms with Crippen molar-refractivity contribution in [3.05, 3.63) is 35.9 Å². The van der Waals surface area contributed by atoms with Crippen LogP contribution in [0.25, 0.3) is 0 Å². The fourth-order valence-electron chi connectivity index (χ4n) is 2.80. The van der Waals surface area contributed by atoms with E-state index < -0.39 is 0 Å². The van der Waals surface area contributed by atoms with Crippen molar-refractivity contribution < 1.29 is 4.79 Å². The molecule has 2 heterocycles. The Balaban J connectivity index is 1.62. The molecule has 2 saturated heterocycles. The lowest BCUT2D eigenvalue weighted by molar-refractivity contribution is -0.128. The monoisotopic (exact) mass is 291 g/mol. The maximum Gasteiger partial charge on any atom is 0.238 e. The number of carbonyl (C=O) groups excluding carboxylic acids is 1. The van der Waals surface area contributed by atoms with Crippen molar-refractivity contribution in [3.8, 4) is 0 Å². The number of hydrogen-bond acceptors (Lipinski definition) is 4. The molecule has 1 amide bonds. The van der Waals surface area contributed by atoms with E-state index in [1.54, 1.807) is 0 Å². The molecule has 0 radical (unpaired) electrons. The highest BCUT2D eigenvalue weighted by Crippen LogP contribution is 2.22. The molecule has 2 fully saturated rings. The van der Waals surface area contributed by atoms with Crippen LogP contribution in [0.5, 0.6) is 0 Å². The number of nitrogens with zero attached hydrogens (tertiary/aromatic N) is 2. The van der Waals surface area contributed by atoms with Crippen LogP contribution in [0.1, 0.15) is 11.7 Å². The van der Waals surface area contributed by atoms with Crippen LogP contribution in [-0.4, -0.2) is 59.9 Å². The molecule has 0 saturated carbocycles. The number of rotatable bonds is 4. The van der Waals surface area contributed by atoms with Gasteiger partial charge in [0.2, 0.25) is 5.91 Å². The van der Waals surface area contributed by atoms with E-state index >= 15 is 0 Å². The Kier molecular flexibility index (Phi) is 4.60. The number of amides is 1. The van der Waals surface area contributed by atoms with E-state index in [-0.39, 0.29) is 12.1 Å². The summed E-state index contributed by atoms with van der Waals surface area (Å²) in [6, 6.07) is 10.2. The first-order chi connectivity index (χ1) is 9.84. The summed E-state index contributed by atoms with van der Waals surface area (Å²) in [6.45, 7) is 4.55. The number of nitrogens with one attached hydrogen (secondary N) is 1. The van der Waals surface area contributed by atoms with Gasteiger partial charge in [0.1, 0.15) is 6.17 Å². The second-order valence-electron chi connectivity index (χ2n) is 5.24. The lowest BCUT2D eigenvalue weighted by atomic mass is 10.1. The SMILES string of the molecule is O=C1CNC(c2ccccc2)N1CCN1CCSCC1. The van der Waals surface area contributed by atoms with Gasteiger partial charge in [-0.1, -0.05) is 30.3 Å². The normalized spacial score (nSPS) is 24.3. The molecule has 0 aromatic heterocycles. The van der Waals surface area contributed by atoms with Gasteiger partial charge in [0.05, 0.1) is 6.54 Å². The average molecular weight is 291 g/mol. The molecule has 4 nitrogen and oxygen atoms in total. The molecule has 5 heteroatoms. The molecule has 0 aliphatic carbocycles. The van der Waals surface area contributed by atoms with E-state index in [4.69, 9.17) is 0 Å². The predicted molar refractivity (Wildman–Crippen MR) is 82.7 cm³/mol.